The quantitative estimate of drug-likeness (QED) is 0.251. The molecular weight excluding hydrogens is 490 g/mol. The highest BCUT2D eigenvalue weighted by Gasteiger charge is 2.35. The lowest BCUT2D eigenvalue weighted by atomic mass is 9.81. The standard InChI is InChI=1S/C27H33N5O6/c1-18(2)16-22(23(33)30-32-26(36)28-25(35)29-27(32)37)21(15-9-14-19-10-5-3-6-11-19)24(34)31-38-17-20-12-7-4-8-13-20/h3-8,10-13,18,21-22H,9,14-17H2,1-2H3,(H,30,33)(H,31,34)(H2,28,29,35,36,37)/t21-,22?/m1/s1. The summed E-state index contributed by atoms with van der Waals surface area (Å²) in [5.41, 5.74) is 3.54. The summed E-state index contributed by atoms with van der Waals surface area (Å²) in [6, 6.07) is 19.1. The third-order valence-corrected chi connectivity index (χ3v) is 6.03. The topological polar surface area (TPSA) is 155 Å². The Balaban J connectivity index is 1.80. The Hall–Kier alpha value is -4.25. The van der Waals surface area contributed by atoms with Crippen LogP contribution in [0.15, 0.2) is 75.0 Å². The van der Waals surface area contributed by atoms with Gasteiger partial charge in [-0.15, -0.1) is 4.68 Å². The van der Waals surface area contributed by atoms with Crippen molar-refractivity contribution in [2.24, 2.45) is 17.8 Å². The van der Waals surface area contributed by atoms with Crippen LogP contribution < -0.4 is 28.0 Å². The summed E-state index contributed by atoms with van der Waals surface area (Å²) in [6.45, 7) is 3.96. The number of carbonyl (C=O) groups excluding carboxylic acids is 2. The van der Waals surface area contributed by atoms with E-state index in [4.69, 9.17) is 4.84 Å². The van der Waals surface area contributed by atoms with Gasteiger partial charge in [-0.25, -0.2) is 19.9 Å². The molecule has 0 spiro atoms. The first kappa shape index (κ1) is 28.3. The smallest absolute Gasteiger partial charge is 0.273 e. The highest BCUT2D eigenvalue weighted by atomic mass is 16.6. The first-order valence-electron chi connectivity index (χ1n) is 12.5. The highest BCUT2D eigenvalue weighted by molar-refractivity contribution is 5.91. The predicted molar refractivity (Wildman–Crippen MR) is 141 cm³/mol. The second kappa shape index (κ2) is 13.9. The van der Waals surface area contributed by atoms with E-state index in [1.54, 1.807) is 0 Å². The van der Waals surface area contributed by atoms with E-state index in [2.05, 4.69) is 10.9 Å². The Labute approximate surface area is 219 Å². The molecule has 0 aliphatic rings. The van der Waals surface area contributed by atoms with Crippen molar-refractivity contribution in [1.29, 1.82) is 0 Å². The fourth-order valence-electron chi connectivity index (χ4n) is 4.21. The van der Waals surface area contributed by atoms with Crippen LogP contribution in [0.2, 0.25) is 0 Å². The van der Waals surface area contributed by atoms with Crippen LogP contribution >= 0.6 is 0 Å². The maximum atomic E-state index is 13.4. The maximum Gasteiger partial charge on any atom is 0.353 e. The van der Waals surface area contributed by atoms with Crippen molar-refractivity contribution in [2.45, 2.75) is 46.1 Å². The van der Waals surface area contributed by atoms with Gasteiger partial charge < -0.3 is 0 Å². The van der Waals surface area contributed by atoms with Gasteiger partial charge >= 0.3 is 17.1 Å². The van der Waals surface area contributed by atoms with Crippen LogP contribution in [0.1, 0.15) is 44.2 Å². The minimum absolute atomic E-state index is 0.0194. The number of aromatic nitrogens is 3. The van der Waals surface area contributed by atoms with Gasteiger partial charge in [0.05, 0.1) is 18.4 Å². The van der Waals surface area contributed by atoms with Gasteiger partial charge in [-0.2, -0.15) is 0 Å². The lowest BCUT2D eigenvalue weighted by Crippen LogP contribution is -2.51. The lowest BCUT2D eigenvalue weighted by molar-refractivity contribution is -0.144. The molecule has 3 aromatic rings. The normalized spacial score (nSPS) is 12.6. The van der Waals surface area contributed by atoms with Crippen LogP contribution in [0.5, 0.6) is 0 Å². The zero-order valence-electron chi connectivity index (χ0n) is 21.4. The summed E-state index contributed by atoms with van der Waals surface area (Å²) in [5.74, 6) is -2.84. The van der Waals surface area contributed by atoms with Gasteiger partial charge in [-0.3, -0.25) is 29.8 Å². The van der Waals surface area contributed by atoms with Crippen molar-refractivity contribution in [1.82, 2.24) is 20.1 Å². The van der Waals surface area contributed by atoms with Crippen molar-refractivity contribution < 1.29 is 14.4 Å². The summed E-state index contributed by atoms with van der Waals surface area (Å²) < 4.78 is 0.391. The zero-order valence-corrected chi connectivity index (χ0v) is 21.4. The van der Waals surface area contributed by atoms with Gasteiger partial charge in [0, 0.05) is 0 Å². The molecule has 2 aromatic carbocycles. The van der Waals surface area contributed by atoms with Gasteiger partial charge in [-0.1, -0.05) is 74.5 Å². The lowest BCUT2D eigenvalue weighted by Gasteiger charge is -2.27. The number of rotatable bonds is 13. The van der Waals surface area contributed by atoms with Crippen LogP contribution in [0.4, 0.5) is 0 Å². The Bertz CT molecular complexity index is 1330. The molecule has 1 unspecified atom stereocenters. The molecule has 1 heterocycles. The highest BCUT2D eigenvalue weighted by Crippen LogP contribution is 2.27. The van der Waals surface area contributed by atoms with Gasteiger partial charge in [0.2, 0.25) is 11.8 Å². The molecule has 0 radical (unpaired) electrons. The Morgan fingerprint density at radius 2 is 1.42 bits per heavy atom. The van der Waals surface area contributed by atoms with Crippen LogP contribution in [0.25, 0.3) is 0 Å². The molecule has 1 aromatic heterocycles. The minimum atomic E-state index is -1.09. The van der Waals surface area contributed by atoms with Crippen molar-refractivity contribution >= 4 is 11.8 Å². The number of amides is 2. The monoisotopic (exact) mass is 523 g/mol. The van der Waals surface area contributed by atoms with E-state index in [-0.39, 0.29) is 12.5 Å². The summed E-state index contributed by atoms with van der Waals surface area (Å²) >= 11 is 0. The number of hydroxylamine groups is 1. The van der Waals surface area contributed by atoms with E-state index >= 15 is 0 Å². The van der Waals surface area contributed by atoms with Gasteiger partial charge in [0.15, 0.2) is 0 Å². The summed E-state index contributed by atoms with van der Waals surface area (Å²) in [4.78, 5) is 71.6. The molecule has 0 bridgehead atoms. The third-order valence-electron chi connectivity index (χ3n) is 6.03. The minimum Gasteiger partial charge on any atom is -0.273 e. The number of H-pyrrole nitrogens is 2. The first-order valence-corrected chi connectivity index (χ1v) is 12.5. The Kier molecular flexibility index (Phi) is 10.4. The van der Waals surface area contributed by atoms with E-state index in [0.29, 0.717) is 30.4 Å². The van der Waals surface area contributed by atoms with Crippen molar-refractivity contribution in [3.63, 3.8) is 0 Å². The molecule has 2 amide bonds. The molecular formula is C27H33N5O6. The average molecular weight is 524 g/mol. The molecule has 2 atom stereocenters. The second-order valence-electron chi connectivity index (χ2n) is 9.46. The van der Waals surface area contributed by atoms with Crippen LogP contribution in [0.3, 0.4) is 0 Å². The number of hydrogen-bond acceptors (Lipinski definition) is 6. The molecule has 0 saturated carbocycles. The number of aryl methyl sites for hydroxylation is 1. The molecule has 11 heteroatoms. The Morgan fingerprint density at radius 3 is 2.00 bits per heavy atom. The number of carbonyl (C=O) groups is 2. The summed E-state index contributed by atoms with van der Waals surface area (Å²) in [6.07, 6.45) is 1.98. The van der Waals surface area contributed by atoms with E-state index < -0.39 is 40.7 Å². The van der Waals surface area contributed by atoms with Crippen LogP contribution in [-0.2, 0) is 27.5 Å². The predicted octanol–water partition coefficient (Wildman–Crippen LogP) is 1.84. The molecule has 202 valence electrons. The largest absolute Gasteiger partial charge is 0.353 e. The third kappa shape index (κ3) is 8.41. The molecule has 0 aliphatic heterocycles. The summed E-state index contributed by atoms with van der Waals surface area (Å²) in [5, 5.41) is 0. The fourth-order valence-corrected chi connectivity index (χ4v) is 4.21. The molecule has 11 nitrogen and oxygen atoms in total. The molecule has 4 N–H and O–H groups in total. The van der Waals surface area contributed by atoms with Gasteiger partial charge in [0.25, 0.3) is 0 Å². The number of hydrogen-bond donors (Lipinski definition) is 4. The van der Waals surface area contributed by atoms with Crippen LogP contribution in [0, 0.1) is 17.8 Å². The fraction of sp³-hybridized carbons (Fsp3) is 0.370. The number of aromatic amines is 2. The SMILES string of the molecule is CC(C)CC(C(=O)Nn1c(=O)[nH]c(=O)[nH]c1=O)[C@@H](CCCc1ccccc1)C(=O)NOCc1ccccc1. The maximum absolute atomic E-state index is 13.4. The molecule has 3 rings (SSSR count). The summed E-state index contributed by atoms with van der Waals surface area (Å²) in [7, 11) is 0. The van der Waals surface area contributed by atoms with E-state index in [9.17, 15) is 24.0 Å². The molecule has 0 saturated heterocycles. The molecule has 0 aliphatic carbocycles. The number of nitrogens with one attached hydrogen (secondary N) is 4. The molecule has 38 heavy (non-hydrogen) atoms. The first-order chi connectivity index (χ1) is 18.2. The van der Waals surface area contributed by atoms with Crippen molar-refractivity contribution in [3.8, 4) is 0 Å². The number of benzene rings is 2. The van der Waals surface area contributed by atoms with Crippen LogP contribution in [-0.4, -0.2) is 26.5 Å². The van der Waals surface area contributed by atoms with Crippen molar-refractivity contribution in [2.75, 3.05) is 5.43 Å². The zero-order chi connectivity index (χ0) is 27.5. The van der Waals surface area contributed by atoms with Gasteiger partial charge in [-0.05, 0) is 42.7 Å². The van der Waals surface area contributed by atoms with E-state index in [1.165, 1.54) is 0 Å². The van der Waals surface area contributed by atoms with Crippen molar-refractivity contribution in [3.05, 3.63) is 103 Å². The van der Waals surface area contributed by atoms with E-state index in [0.717, 1.165) is 11.1 Å². The second-order valence-corrected chi connectivity index (χ2v) is 9.46. The van der Waals surface area contributed by atoms with Gasteiger partial charge in [0.1, 0.15) is 0 Å². The average Bonchev–Trinajstić information content (AvgIpc) is 2.88. The Morgan fingerprint density at radius 1 is 0.842 bits per heavy atom. The number of nitrogens with zero attached hydrogens (tertiary/aromatic N) is 1. The van der Waals surface area contributed by atoms with E-state index in [1.807, 2.05) is 84.5 Å². The molecule has 0 fully saturated rings.